The van der Waals surface area contributed by atoms with Crippen LogP contribution in [0.5, 0.6) is 0 Å². The highest BCUT2D eigenvalue weighted by Gasteiger charge is 2.23. The molecule has 7 heteroatoms. The Morgan fingerprint density at radius 2 is 1.88 bits per heavy atom. The van der Waals surface area contributed by atoms with Crippen molar-refractivity contribution < 1.29 is 18.7 Å². The van der Waals surface area contributed by atoms with Gasteiger partial charge in [0.2, 0.25) is 0 Å². The Hall–Kier alpha value is -2.51. The minimum Gasteiger partial charge on any atom is -0.459 e. The van der Waals surface area contributed by atoms with Gasteiger partial charge in [0.15, 0.2) is 5.76 Å². The van der Waals surface area contributed by atoms with Crippen LogP contribution in [0.3, 0.4) is 0 Å². The molecule has 136 valence electrons. The van der Waals surface area contributed by atoms with E-state index < -0.39 is 5.91 Å². The number of rotatable bonds is 5. The molecule has 0 unspecified atom stereocenters. The molecule has 1 aliphatic rings. The number of carbonyl (C=O) groups excluding carboxylic acids is 2. The number of carbonyl (C=O) groups is 2. The summed E-state index contributed by atoms with van der Waals surface area (Å²) < 4.78 is 10.4. The van der Waals surface area contributed by atoms with Crippen molar-refractivity contribution in [2.24, 2.45) is 0 Å². The summed E-state index contributed by atoms with van der Waals surface area (Å²) in [5, 5.41) is 2.68. The normalized spacial score (nSPS) is 15.0. The van der Waals surface area contributed by atoms with Crippen molar-refractivity contribution in [2.45, 2.75) is 4.90 Å². The summed E-state index contributed by atoms with van der Waals surface area (Å²) in [6.45, 7) is 1.98. The van der Waals surface area contributed by atoms with E-state index in [0.717, 1.165) is 10.5 Å². The van der Waals surface area contributed by atoms with Gasteiger partial charge in [0.1, 0.15) is 5.70 Å². The number of morpholine rings is 1. The highest BCUT2D eigenvalue weighted by Crippen LogP contribution is 2.17. The van der Waals surface area contributed by atoms with E-state index in [-0.39, 0.29) is 17.4 Å². The molecule has 26 heavy (non-hydrogen) atoms. The highest BCUT2D eigenvalue weighted by atomic mass is 32.2. The minimum absolute atomic E-state index is 0.156. The summed E-state index contributed by atoms with van der Waals surface area (Å²) in [5.74, 6) is -0.533. The van der Waals surface area contributed by atoms with E-state index in [2.05, 4.69) is 5.32 Å². The average molecular weight is 372 g/mol. The Labute approximate surface area is 156 Å². The summed E-state index contributed by atoms with van der Waals surface area (Å²) in [5.41, 5.74) is 1.05. The van der Waals surface area contributed by atoms with Crippen molar-refractivity contribution in [3.63, 3.8) is 0 Å². The number of hydrogen-bond acceptors (Lipinski definition) is 5. The van der Waals surface area contributed by atoms with Crippen LogP contribution >= 0.6 is 11.8 Å². The van der Waals surface area contributed by atoms with Crippen LogP contribution in [0.1, 0.15) is 16.1 Å². The van der Waals surface area contributed by atoms with Gasteiger partial charge >= 0.3 is 0 Å². The number of ether oxygens (including phenoxy) is 1. The van der Waals surface area contributed by atoms with E-state index in [0.29, 0.717) is 26.3 Å². The Kier molecular flexibility index (Phi) is 6.14. The number of hydrogen-bond donors (Lipinski definition) is 1. The summed E-state index contributed by atoms with van der Waals surface area (Å²) in [6.07, 6.45) is 5.10. The molecule has 2 aromatic rings. The first-order valence-corrected chi connectivity index (χ1v) is 9.47. The second kappa shape index (κ2) is 8.73. The van der Waals surface area contributed by atoms with Gasteiger partial charge in [-0.05, 0) is 42.2 Å². The molecule has 1 aromatic heterocycles. The summed E-state index contributed by atoms with van der Waals surface area (Å²) in [4.78, 5) is 28.0. The molecule has 0 atom stereocenters. The molecular formula is C19H20N2O4S. The van der Waals surface area contributed by atoms with Gasteiger partial charge in [-0.3, -0.25) is 9.59 Å². The number of benzene rings is 1. The van der Waals surface area contributed by atoms with Crippen molar-refractivity contribution in [2.75, 3.05) is 32.6 Å². The molecule has 0 aliphatic carbocycles. The molecular weight excluding hydrogens is 352 g/mol. The van der Waals surface area contributed by atoms with Crippen LogP contribution in [0.15, 0.2) is 57.7 Å². The van der Waals surface area contributed by atoms with Crippen molar-refractivity contribution in [3.05, 3.63) is 59.7 Å². The average Bonchev–Trinajstić information content (AvgIpc) is 3.23. The first kappa shape index (κ1) is 18.3. The predicted octanol–water partition coefficient (Wildman–Crippen LogP) is 2.63. The lowest BCUT2D eigenvalue weighted by molar-refractivity contribution is -0.131. The Morgan fingerprint density at radius 1 is 1.15 bits per heavy atom. The van der Waals surface area contributed by atoms with E-state index in [1.165, 1.54) is 6.26 Å². The molecule has 2 amide bonds. The monoisotopic (exact) mass is 372 g/mol. The quantitative estimate of drug-likeness (QED) is 0.645. The van der Waals surface area contributed by atoms with Crippen LogP contribution in [0.2, 0.25) is 0 Å². The Morgan fingerprint density at radius 3 is 2.50 bits per heavy atom. The van der Waals surface area contributed by atoms with Crippen molar-refractivity contribution in [1.82, 2.24) is 10.2 Å². The van der Waals surface area contributed by atoms with E-state index in [1.54, 1.807) is 34.9 Å². The van der Waals surface area contributed by atoms with Crippen molar-refractivity contribution in [3.8, 4) is 0 Å². The van der Waals surface area contributed by atoms with Gasteiger partial charge in [0, 0.05) is 18.0 Å². The van der Waals surface area contributed by atoms with Gasteiger partial charge in [-0.25, -0.2) is 0 Å². The summed E-state index contributed by atoms with van der Waals surface area (Å²) in [7, 11) is 0. The van der Waals surface area contributed by atoms with E-state index in [4.69, 9.17) is 9.15 Å². The molecule has 1 saturated heterocycles. The number of nitrogens with one attached hydrogen (secondary N) is 1. The summed E-state index contributed by atoms with van der Waals surface area (Å²) in [6, 6.07) is 11.0. The topological polar surface area (TPSA) is 71.8 Å². The van der Waals surface area contributed by atoms with Gasteiger partial charge in [-0.1, -0.05) is 12.1 Å². The van der Waals surface area contributed by atoms with Crippen LogP contribution in [-0.2, 0) is 9.53 Å². The van der Waals surface area contributed by atoms with Gasteiger partial charge in [0.25, 0.3) is 11.8 Å². The van der Waals surface area contributed by atoms with Crippen LogP contribution in [0.4, 0.5) is 0 Å². The maximum atomic E-state index is 12.9. The second-order valence-electron chi connectivity index (χ2n) is 5.67. The highest BCUT2D eigenvalue weighted by molar-refractivity contribution is 7.98. The fraction of sp³-hybridized carbons (Fsp3) is 0.263. The molecule has 0 spiro atoms. The standard InChI is InChI=1S/C19H20N2O4S/c1-26-15-6-4-14(5-7-15)13-16(19(23)21-8-11-24-12-9-21)20-18(22)17-3-2-10-25-17/h2-7,10,13H,8-9,11-12H2,1H3,(H,20,22)/b16-13+. The molecule has 1 fully saturated rings. The van der Waals surface area contributed by atoms with Gasteiger partial charge < -0.3 is 19.4 Å². The number of amides is 2. The molecule has 1 aromatic carbocycles. The first-order chi connectivity index (χ1) is 12.7. The second-order valence-corrected chi connectivity index (χ2v) is 6.55. The lowest BCUT2D eigenvalue weighted by atomic mass is 10.1. The van der Waals surface area contributed by atoms with E-state index in [9.17, 15) is 9.59 Å². The van der Waals surface area contributed by atoms with Gasteiger partial charge in [-0.2, -0.15) is 0 Å². The van der Waals surface area contributed by atoms with Crippen LogP contribution in [0.25, 0.3) is 6.08 Å². The lowest BCUT2D eigenvalue weighted by Crippen LogP contribution is -2.44. The SMILES string of the molecule is CSc1ccc(/C=C(/NC(=O)c2ccco2)C(=O)N2CCOCC2)cc1. The van der Waals surface area contributed by atoms with E-state index in [1.807, 2.05) is 30.5 Å². The maximum absolute atomic E-state index is 12.9. The third-order valence-electron chi connectivity index (χ3n) is 3.95. The zero-order valence-electron chi connectivity index (χ0n) is 14.4. The maximum Gasteiger partial charge on any atom is 0.291 e. The molecule has 0 saturated carbocycles. The molecule has 1 N–H and O–H groups in total. The van der Waals surface area contributed by atoms with Gasteiger partial charge in [0.05, 0.1) is 19.5 Å². The Bertz CT molecular complexity index is 778. The molecule has 1 aliphatic heterocycles. The number of furan rings is 1. The smallest absolute Gasteiger partial charge is 0.291 e. The van der Waals surface area contributed by atoms with E-state index >= 15 is 0 Å². The van der Waals surface area contributed by atoms with Gasteiger partial charge in [-0.15, -0.1) is 11.8 Å². The molecule has 2 heterocycles. The van der Waals surface area contributed by atoms with Crippen LogP contribution in [0, 0.1) is 0 Å². The molecule has 3 rings (SSSR count). The molecule has 0 radical (unpaired) electrons. The number of thioether (sulfide) groups is 1. The third-order valence-corrected chi connectivity index (χ3v) is 4.69. The zero-order valence-corrected chi connectivity index (χ0v) is 15.3. The molecule has 0 bridgehead atoms. The fourth-order valence-electron chi connectivity index (χ4n) is 2.55. The summed E-state index contributed by atoms with van der Waals surface area (Å²) >= 11 is 1.64. The predicted molar refractivity (Wildman–Crippen MR) is 99.8 cm³/mol. The lowest BCUT2D eigenvalue weighted by Gasteiger charge is -2.27. The first-order valence-electron chi connectivity index (χ1n) is 8.25. The minimum atomic E-state index is -0.455. The zero-order chi connectivity index (χ0) is 18.4. The third kappa shape index (κ3) is 4.56. The van der Waals surface area contributed by atoms with Crippen LogP contribution in [-0.4, -0.2) is 49.3 Å². The Balaban J connectivity index is 1.85. The fourth-order valence-corrected chi connectivity index (χ4v) is 2.95. The number of nitrogens with zero attached hydrogens (tertiary/aromatic N) is 1. The molecule has 6 nitrogen and oxygen atoms in total. The largest absolute Gasteiger partial charge is 0.459 e. The van der Waals surface area contributed by atoms with Crippen molar-refractivity contribution in [1.29, 1.82) is 0 Å². The van der Waals surface area contributed by atoms with Crippen molar-refractivity contribution >= 4 is 29.7 Å². The van der Waals surface area contributed by atoms with Crippen LogP contribution < -0.4 is 5.32 Å².